The van der Waals surface area contributed by atoms with Gasteiger partial charge >= 0.3 is 0 Å². The Hall–Kier alpha value is -2.55. The zero-order valence-corrected chi connectivity index (χ0v) is 9.41. The molecule has 0 aliphatic rings. The van der Waals surface area contributed by atoms with Crippen LogP contribution in [0.2, 0.25) is 0 Å². The Kier molecular flexibility index (Phi) is 3.15. The lowest BCUT2D eigenvalue weighted by molar-refractivity contribution is 0.584. The van der Waals surface area contributed by atoms with Gasteiger partial charge < -0.3 is 5.32 Å². The minimum atomic E-state index is -0.703. The van der Waals surface area contributed by atoms with Crippen LogP contribution in [0.4, 0.5) is 20.4 Å². The second-order valence-electron chi connectivity index (χ2n) is 3.61. The molecule has 0 aliphatic heterocycles. The first kappa shape index (κ1) is 11.9. The van der Waals surface area contributed by atoms with Gasteiger partial charge in [0.05, 0.1) is 0 Å². The summed E-state index contributed by atoms with van der Waals surface area (Å²) >= 11 is 0. The van der Waals surface area contributed by atoms with Crippen molar-refractivity contribution in [1.82, 2.24) is 9.97 Å². The van der Waals surface area contributed by atoms with Crippen molar-refractivity contribution in [2.75, 3.05) is 5.32 Å². The number of anilines is 2. The number of benzene rings is 1. The highest BCUT2D eigenvalue weighted by atomic mass is 19.1. The Morgan fingerprint density at radius 2 is 1.78 bits per heavy atom. The van der Waals surface area contributed by atoms with Crippen LogP contribution < -0.4 is 5.32 Å². The summed E-state index contributed by atoms with van der Waals surface area (Å²) in [6.07, 6.45) is 0. The molecule has 2 aromatic rings. The summed E-state index contributed by atoms with van der Waals surface area (Å²) in [5.41, 5.74) is 0.949. The number of hydrogen-bond acceptors (Lipinski definition) is 4. The highest BCUT2D eigenvalue weighted by Gasteiger charge is 2.05. The predicted octanol–water partition coefficient (Wildman–Crippen LogP) is 2.68. The summed E-state index contributed by atoms with van der Waals surface area (Å²) in [4.78, 5) is 7.90. The molecule has 0 atom stereocenters. The number of aromatic nitrogens is 2. The van der Waals surface area contributed by atoms with Gasteiger partial charge in [0, 0.05) is 17.4 Å². The minimum absolute atomic E-state index is 0.122. The topological polar surface area (TPSA) is 61.6 Å². The molecule has 0 radical (unpaired) electrons. The van der Waals surface area contributed by atoms with Crippen LogP contribution in [0, 0.1) is 29.9 Å². The summed E-state index contributed by atoms with van der Waals surface area (Å²) in [6.45, 7) is 1.69. The molecule has 0 fully saturated rings. The lowest BCUT2D eigenvalue weighted by atomic mass is 10.3. The van der Waals surface area contributed by atoms with E-state index in [1.54, 1.807) is 6.92 Å². The van der Waals surface area contributed by atoms with Crippen molar-refractivity contribution in [2.24, 2.45) is 0 Å². The number of rotatable bonds is 2. The van der Waals surface area contributed by atoms with Gasteiger partial charge in [-0.05, 0) is 25.1 Å². The van der Waals surface area contributed by atoms with Crippen LogP contribution in [0.3, 0.4) is 0 Å². The molecule has 0 aliphatic carbocycles. The SMILES string of the molecule is Cc1cc(C#N)nc(Nc2cc(F)cc(F)c2)n1. The average molecular weight is 246 g/mol. The van der Waals surface area contributed by atoms with Crippen LogP contribution in [-0.2, 0) is 0 Å². The van der Waals surface area contributed by atoms with Gasteiger partial charge in [-0.3, -0.25) is 0 Å². The lowest BCUT2D eigenvalue weighted by Crippen LogP contribution is -2.01. The van der Waals surface area contributed by atoms with Gasteiger partial charge in [0.2, 0.25) is 5.95 Å². The highest BCUT2D eigenvalue weighted by Crippen LogP contribution is 2.16. The van der Waals surface area contributed by atoms with E-state index >= 15 is 0 Å². The molecule has 6 heteroatoms. The first-order valence-electron chi connectivity index (χ1n) is 5.06. The molecule has 0 amide bonds. The molecule has 0 bridgehead atoms. The van der Waals surface area contributed by atoms with Crippen LogP contribution in [0.5, 0.6) is 0 Å². The standard InChI is InChI=1S/C12H8F2N4/c1-7-2-11(6-15)18-12(16-7)17-10-4-8(13)3-9(14)5-10/h2-5H,1H3,(H,16,17,18). The van der Waals surface area contributed by atoms with Crippen molar-refractivity contribution in [1.29, 1.82) is 5.26 Å². The third-order valence-corrected chi connectivity index (χ3v) is 2.09. The maximum absolute atomic E-state index is 13.0. The van der Waals surface area contributed by atoms with E-state index < -0.39 is 11.6 Å². The molecule has 4 nitrogen and oxygen atoms in total. The average Bonchev–Trinajstić information content (AvgIpc) is 2.26. The molecule has 1 aromatic carbocycles. The van der Waals surface area contributed by atoms with Crippen LogP contribution in [0.25, 0.3) is 0 Å². The lowest BCUT2D eigenvalue weighted by Gasteiger charge is -2.06. The normalized spacial score (nSPS) is 9.89. The Labute approximate surface area is 102 Å². The molecule has 0 saturated carbocycles. The Balaban J connectivity index is 2.34. The maximum Gasteiger partial charge on any atom is 0.228 e. The molecule has 2 rings (SSSR count). The zero-order valence-electron chi connectivity index (χ0n) is 9.41. The number of nitriles is 1. The van der Waals surface area contributed by atoms with Gasteiger partial charge in [-0.1, -0.05) is 0 Å². The van der Waals surface area contributed by atoms with Crippen molar-refractivity contribution in [3.63, 3.8) is 0 Å². The third-order valence-electron chi connectivity index (χ3n) is 2.09. The third kappa shape index (κ3) is 2.77. The molecule has 90 valence electrons. The number of halogens is 2. The summed E-state index contributed by atoms with van der Waals surface area (Å²) in [7, 11) is 0. The van der Waals surface area contributed by atoms with Gasteiger partial charge in [-0.25, -0.2) is 18.7 Å². The zero-order chi connectivity index (χ0) is 13.1. The fourth-order valence-corrected chi connectivity index (χ4v) is 1.44. The Morgan fingerprint density at radius 3 is 2.39 bits per heavy atom. The second kappa shape index (κ2) is 4.75. The van der Waals surface area contributed by atoms with Crippen LogP contribution in [-0.4, -0.2) is 9.97 Å². The van der Waals surface area contributed by atoms with Gasteiger partial charge in [-0.15, -0.1) is 0 Å². The molecule has 0 spiro atoms. The van der Waals surface area contributed by atoms with E-state index in [1.165, 1.54) is 6.07 Å². The highest BCUT2D eigenvalue weighted by molar-refractivity contribution is 5.53. The van der Waals surface area contributed by atoms with E-state index in [0.717, 1.165) is 18.2 Å². The molecule has 0 saturated heterocycles. The summed E-state index contributed by atoms with van der Waals surface area (Å²) in [6, 6.07) is 6.38. The number of nitrogens with zero attached hydrogens (tertiary/aromatic N) is 3. The van der Waals surface area contributed by atoms with Gasteiger partial charge in [0.1, 0.15) is 23.4 Å². The molecular weight excluding hydrogens is 238 g/mol. The van der Waals surface area contributed by atoms with Crippen molar-refractivity contribution in [3.05, 3.63) is 47.3 Å². The maximum atomic E-state index is 13.0. The molecule has 0 unspecified atom stereocenters. The molecule has 1 aromatic heterocycles. The Bertz CT molecular complexity index is 614. The summed E-state index contributed by atoms with van der Waals surface area (Å²) in [5, 5.41) is 11.4. The van der Waals surface area contributed by atoms with E-state index in [0.29, 0.717) is 5.69 Å². The number of aryl methyl sites for hydroxylation is 1. The van der Waals surface area contributed by atoms with E-state index in [9.17, 15) is 8.78 Å². The van der Waals surface area contributed by atoms with Crippen molar-refractivity contribution >= 4 is 11.6 Å². The predicted molar refractivity (Wildman–Crippen MR) is 61.1 cm³/mol. The van der Waals surface area contributed by atoms with Crippen molar-refractivity contribution in [3.8, 4) is 6.07 Å². The molecule has 18 heavy (non-hydrogen) atoms. The summed E-state index contributed by atoms with van der Waals surface area (Å²) in [5.74, 6) is -1.28. The van der Waals surface area contributed by atoms with E-state index in [2.05, 4.69) is 15.3 Å². The monoisotopic (exact) mass is 246 g/mol. The molecular formula is C12H8F2N4. The van der Waals surface area contributed by atoms with Crippen LogP contribution in [0.15, 0.2) is 24.3 Å². The first-order valence-corrected chi connectivity index (χ1v) is 5.06. The van der Waals surface area contributed by atoms with Gasteiger partial charge in [0.15, 0.2) is 0 Å². The van der Waals surface area contributed by atoms with Crippen molar-refractivity contribution < 1.29 is 8.78 Å². The number of nitrogens with one attached hydrogen (secondary N) is 1. The molecule has 1 heterocycles. The van der Waals surface area contributed by atoms with E-state index in [4.69, 9.17) is 5.26 Å². The van der Waals surface area contributed by atoms with Crippen LogP contribution >= 0.6 is 0 Å². The van der Waals surface area contributed by atoms with Gasteiger partial charge in [0.25, 0.3) is 0 Å². The quantitative estimate of drug-likeness (QED) is 0.884. The second-order valence-corrected chi connectivity index (χ2v) is 3.61. The summed E-state index contributed by atoms with van der Waals surface area (Å²) < 4.78 is 26.0. The first-order chi connectivity index (χ1) is 8.56. The van der Waals surface area contributed by atoms with E-state index in [-0.39, 0.29) is 17.3 Å². The molecule has 1 N–H and O–H groups in total. The largest absolute Gasteiger partial charge is 0.324 e. The van der Waals surface area contributed by atoms with E-state index in [1.807, 2.05) is 6.07 Å². The van der Waals surface area contributed by atoms with Crippen LogP contribution in [0.1, 0.15) is 11.4 Å². The van der Waals surface area contributed by atoms with Crippen molar-refractivity contribution in [2.45, 2.75) is 6.92 Å². The van der Waals surface area contributed by atoms with Gasteiger partial charge in [-0.2, -0.15) is 5.26 Å². The smallest absolute Gasteiger partial charge is 0.228 e. The fourth-order valence-electron chi connectivity index (χ4n) is 1.44. The Morgan fingerprint density at radius 1 is 1.11 bits per heavy atom. The number of hydrogen-bond donors (Lipinski definition) is 1. The fraction of sp³-hybridized carbons (Fsp3) is 0.0833. The minimum Gasteiger partial charge on any atom is -0.324 e.